The van der Waals surface area contributed by atoms with Crippen LogP contribution in [0.2, 0.25) is 0 Å². The lowest BCUT2D eigenvalue weighted by Crippen LogP contribution is -2.23. The molecule has 2 aromatic rings. The highest BCUT2D eigenvalue weighted by molar-refractivity contribution is 5.79. The van der Waals surface area contributed by atoms with Gasteiger partial charge in [-0.2, -0.15) is 0 Å². The summed E-state index contributed by atoms with van der Waals surface area (Å²) < 4.78 is 0. The van der Waals surface area contributed by atoms with Gasteiger partial charge < -0.3 is 5.73 Å². The van der Waals surface area contributed by atoms with Gasteiger partial charge in [0.1, 0.15) is 0 Å². The Kier molecular flexibility index (Phi) is 3.75. The number of pyridine rings is 1. The second-order valence-electron chi connectivity index (χ2n) is 4.70. The average molecular weight is 228 g/mol. The Balaban J connectivity index is 2.31. The van der Waals surface area contributed by atoms with Crippen molar-refractivity contribution < 1.29 is 0 Å². The fourth-order valence-corrected chi connectivity index (χ4v) is 2.19. The number of aromatic nitrogens is 1. The van der Waals surface area contributed by atoms with E-state index in [1.807, 2.05) is 12.1 Å². The summed E-state index contributed by atoms with van der Waals surface area (Å²) in [5.74, 6) is 0. The molecule has 2 rings (SSSR count). The van der Waals surface area contributed by atoms with Gasteiger partial charge in [0.15, 0.2) is 0 Å². The molecule has 2 heteroatoms. The zero-order valence-electron chi connectivity index (χ0n) is 10.6. The summed E-state index contributed by atoms with van der Waals surface area (Å²) in [4.78, 5) is 4.72. The maximum Gasteiger partial charge on any atom is 0.0705 e. The van der Waals surface area contributed by atoms with Crippen molar-refractivity contribution in [1.29, 1.82) is 0 Å². The van der Waals surface area contributed by atoms with Gasteiger partial charge in [-0.3, -0.25) is 4.98 Å². The van der Waals surface area contributed by atoms with Crippen molar-refractivity contribution in [1.82, 2.24) is 4.98 Å². The van der Waals surface area contributed by atoms with E-state index in [0.717, 1.165) is 30.5 Å². The maximum atomic E-state index is 6.09. The fourth-order valence-electron chi connectivity index (χ4n) is 2.19. The van der Waals surface area contributed by atoms with E-state index < -0.39 is 0 Å². The number of rotatable bonds is 4. The van der Waals surface area contributed by atoms with Crippen LogP contribution in [-0.4, -0.2) is 11.0 Å². The van der Waals surface area contributed by atoms with E-state index in [-0.39, 0.29) is 6.04 Å². The summed E-state index contributed by atoms with van der Waals surface area (Å²) >= 11 is 0. The van der Waals surface area contributed by atoms with Gasteiger partial charge in [0.05, 0.1) is 5.52 Å². The molecule has 0 bridgehead atoms. The van der Waals surface area contributed by atoms with Crippen LogP contribution in [0.5, 0.6) is 0 Å². The van der Waals surface area contributed by atoms with E-state index in [1.165, 1.54) is 10.9 Å². The minimum absolute atomic E-state index is 0.229. The van der Waals surface area contributed by atoms with E-state index in [9.17, 15) is 0 Å². The van der Waals surface area contributed by atoms with Gasteiger partial charge in [-0.05, 0) is 31.0 Å². The molecule has 90 valence electrons. The third-order valence-electron chi connectivity index (χ3n) is 3.13. The lowest BCUT2D eigenvalue weighted by molar-refractivity contribution is 0.593. The van der Waals surface area contributed by atoms with E-state index >= 15 is 0 Å². The first-order chi connectivity index (χ1) is 8.20. The molecule has 0 saturated heterocycles. The van der Waals surface area contributed by atoms with Gasteiger partial charge in [-0.15, -0.1) is 0 Å². The molecule has 1 unspecified atom stereocenters. The van der Waals surface area contributed by atoms with E-state index in [1.54, 1.807) is 0 Å². The van der Waals surface area contributed by atoms with Crippen LogP contribution < -0.4 is 5.73 Å². The molecule has 1 aromatic carbocycles. The monoisotopic (exact) mass is 228 g/mol. The molecule has 17 heavy (non-hydrogen) atoms. The lowest BCUT2D eigenvalue weighted by atomic mass is 10.0. The Morgan fingerprint density at radius 2 is 2.06 bits per heavy atom. The van der Waals surface area contributed by atoms with Crippen molar-refractivity contribution in [2.75, 3.05) is 0 Å². The van der Waals surface area contributed by atoms with Crippen molar-refractivity contribution in [3.05, 3.63) is 41.6 Å². The summed E-state index contributed by atoms with van der Waals surface area (Å²) in [6.45, 7) is 4.29. The maximum absolute atomic E-state index is 6.09. The highest BCUT2D eigenvalue weighted by atomic mass is 14.7. The molecule has 1 heterocycles. The Morgan fingerprint density at radius 1 is 1.29 bits per heavy atom. The van der Waals surface area contributed by atoms with Crippen LogP contribution in [-0.2, 0) is 6.42 Å². The number of aryl methyl sites for hydroxylation is 1. The van der Waals surface area contributed by atoms with Gasteiger partial charge in [-0.1, -0.05) is 31.5 Å². The van der Waals surface area contributed by atoms with Crippen LogP contribution in [0.1, 0.15) is 31.0 Å². The third-order valence-corrected chi connectivity index (χ3v) is 3.13. The fraction of sp³-hybridized carbons (Fsp3) is 0.400. The smallest absolute Gasteiger partial charge is 0.0705 e. The topological polar surface area (TPSA) is 38.9 Å². The SMILES string of the molecule is CCCC(N)Cc1nc2ccccc2cc1C. The summed E-state index contributed by atoms with van der Waals surface area (Å²) in [6, 6.07) is 10.7. The molecule has 0 radical (unpaired) electrons. The normalized spacial score (nSPS) is 12.9. The predicted molar refractivity (Wildman–Crippen MR) is 73.1 cm³/mol. The summed E-state index contributed by atoms with van der Waals surface area (Å²) in [6.07, 6.45) is 3.08. The zero-order valence-corrected chi connectivity index (χ0v) is 10.6. The van der Waals surface area contributed by atoms with Crippen LogP contribution in [0, 0.1) is 6.92 Å². The standard InChI is InChI=1S/C15H20N2/c1-3-6-13(16)10-15-11(2)9-12-7-4-5-8-14(12)17-15/h4-5,7-9,13H,3,6,10,16H2,1-2H3. The molecular weight excluding hydrogens is 208 g/mol. The molecule has 1 atom stereocenters. The highest BCUT2D eigenvalue weighted by Crippen LogP contribution is 2.17. The van der Waals surface area contributed by atoms with Crippen LogP contribution >= 0.6 is 0 Å². The second-order valence-corrected chi connectivity index (χ2v) is 4.70. The number of benzene rings is 1. The molecule has 0 fully saturated rings. The average Bonchev–Trinajstić information content (AvgIpc) is 2.30. The molecule has 0 aliphatic rings. The minimum atomic E-state index is 0.229. The van der Waals surface area contributed by atoms with Crippen molar-refractivity contribution in [3.63, 3.8) is 0 Å². The molecule has 2 N–H and O–H groups in total. The largest absolute Gasteiger partial charge is 0.327 e. The van der Waals surface area contributed by atoms with E-state index in [4.69, 9.17) is 10.7 Å². The Morgan fingerprint density at radius 3 is 2.82 bits per heavy atom. The number of fused-ring (bicyclic) bond motifs is 1. The summed E-state index contributed by atoms with van der Waals surface area (Å²) in [5, 5.41) is 1.21. The highest BCUT2D eigenvalue weighted by Gasteiger charge is 2.08. The molecule has 0 amide bonds. The molecule has 1 aromatic heterocycles. The van der Waals surface area contributed by atoms with Crippen molar-refractivity contribution in [3.8, 4) is 0 Å². The van der Waals surface area contributed by atoms with Crippen LogP contribution in [0.3, 0.4) is 0 Å². The Hall–Kier alpha value is -1.41. The third kappa shape index (κ3) is 2.83. The molecule has 2 nitrogen and oxygen atoms in total. The second kappa shape index (κ2) is 5.28. The Bertz CT molecular complexity index is 505. The van der Waals surface area contributed by atoms with Crippen molar-refractivity contribution >= 4 is 10.9 Å². The molecule has 0 aliphatic carbocycles. The first kappa shape index (κ1) is 12.1. The summed E-state index contributed by atoms with van der Waals surface area (Å²) in [5.41, 5.74) is 9.54. The van der Waals surface area contributed by atoms with Gasteiger partial charge in [-0.25, -0.2) is 0 Å². The first-order valence-electron chi connectivity index (χ1n) is 6.31. The van der Waals surface area contributed by atoms with E-state index in [0.29, 0.717) is 0 Å². The van der Waals surface area contributed by atoms with Gasteiger partial charge >= 0.3 is 0 Å². The molecule has 0 saturated carbocycles. The van der Waals surface area contributed by atoms with Crippen LogP contribution in [0.25, 0.3) is 10.9 Å². The molecule has 0 aliphatic heterocycles. The Labute approximate surface area is 103 Å². The first-order valence-corrected chi connectivity index (χ1v) is 6.31. The van der Waals surface area contributed by atoms with Crippen molar-refractivity contribution in [2.45, 2.75) is 39.2 Å². The van der Waals surface area contributed by atoms with Crippen LogP contribution in [0.15, 0.2) is 30.3 Å². The van der Waals surface area contributed by atoms with Crippen LogP contribution in [0.4, 0.5) is 0 Å². The van der Waals surface area contributed by atoms with E-state index in [2.05, 4.69) is 32.0 Å². The quantitative estimate of drug-likeness (QED) is 0.872. The predicted octanol–water partition coefficient (Wildman–Crippen LogP) is 3.21. The van der Waals surface area contributed by atoms with Crippen molar-refractivity contribution in [2.24, 2.45) is 5.73 Å². The van der Waals surface area contributed by atoms with Gasteiger partial charge in [0, 0.05) is 23.5 Å². The lowest BCUT2D eigenvalue weighted by Gasteiger charge is -2.12. The van der Waals surface area contributed by atoms with Gasteiger partial charge in [0.25, 0.3) is 0 Å². The molecule has 0 spiro atoms. The number of nitrogens with zero attached hydrogens (tertiary/aromatic N) is 1. The van der Waals surface area contributed by atoms with Gasteiger partial charge in [0.2, 0.25) is 0 Å². The molecular formula is C15H20N2. The number of hydrogen-bond donors (Lipinski definition) is 1. The zero-order chi connectivity index (χ0) is 12.3. The number of nitrogens with two attached hydrogens (primary N) is 1. The summed E-state index contributed by atoms with van der Waals surface area (Å²) in [7, 11) is 0. The number of para-hydroxylation sites is 1. The number of hydrogen-bond acceptors (Lipinski definition) is 2. The minimum Gasteiger partial charge on any atom is -0.327 e.